The summed E-state index contributed by atoms with van der Waals surface area (Å²) < 4.78 is 0.646. The van der Waals surface area contributed by atoms with Crippen molar-refractivity contribution in [3.05, 3.63) is 28.2 Å². The maximum atomic E-state index is 12.1. The number of β-amino-alcohol motifs (C(OH)–C–C–N with tert-alkyl or cyclic N) is 2. The molecule has 1 aliphatic rings. The van der Waals surface area contributed by atoms with Gasteiger partial charge < -0.3 is 20.8 Å². The van der Waals surface area contributed by atoms with E-state index in [0.717, 1.165) is 0 Å². The van der Waals surface area contributed by atoms with E-state index in [0.29, 0.717) is 15.7 Å². The van der Waals surface area contributed by atoms with E-state index < -0.39 is 12.2 Å². The Morgan fingerprint density at radius 1 is 1.35 bits per heavy atom. The summed E-state index contributed by atoms with van der Waals surface area (Å²) in [7, 11) is 0. The van der Waals surface area contributed by atoms with E-state index in [1.807, 2.05) is 0 Å². The SMILES string of the molecule is Nc1ccc(Br)c(C(=O)N2CC(O)C(O)C2)c1. The molecule has 2 atom stereocenters. The Morgan fingerprint density at radius 2 is 1.94 bits per heavy atom. The number of hydrogen-bond acceptors (Lipinski definition) is 4. The summed E-state index contributed by atoms with van der Waals surface area (Å²) in [6.45, 7) is 0.280. The van der Waals surface area contributed by atoms with E-state index in [9.17, 15) is 15.0 Å². The summed E-state index contributed by atoms with van der Waals surface area (Å²) >= 11 is 3.28. The van der Waals surface area contributed by atoms with Crippen LogP contribution in [0.3, 0.4) is 0 Å². The first kappa shape index (κ1) is 12.3. The Morgan fingerprint density at radius 3 is 2.53 bits per heavy atom. The van der Waals surface area contributed by atoms with Gasteiger partial charge in [-0.2, -0.15) is 0 Å². The number of rotatable bonds is 1. The summed E-state index contributed by atoms with van der Waals surface area (Å²) in [4.78, 5) is 13.5. The highest BCUT2D eigenvalue weighted by molar-refractivity contribution is 9.10. The van der Waals surface area contributed by atoms with Crippen LogP contribution in [0.4, 0.5) is 5.69 Å². The van der Waals surface area contributed by atoms with Gasteiger partial charge >= 0.3 is 0 Å². The Bertz CT molecular complexity index is 442. The summed E-state index contributed by atoms with van der Waals surface area (Å²) in [5.41, 5.74) is 6.56. The van der Waals surface area contributed by atoms with Gasteiger partial charge in [-0.25, -0.2) is 0 Å². The molecule has 0 aromatic heterocycles. The number of carbonyl (C=O) groups is 1. The quantitative estimate of drug-likeness (QED) is 0.647. The monoisotopic (exact) mass is 300 g/mol. The highest BCUT2D eigenvalue weighted by Crippen LogP contribution is 2.23. The second-order valence-electron chi connectivity index (χ2n) is 4.08. The molecule has 2 unspecified atom stereocenters. The summed E-state index contributed by atoms with van der Waals surface area (Å²) in [5, 5.41) is 18.8. The fraction of sp³-hybridized carbons (Fsp3) is 0.364. The van der Waals surface area contributed by atoms with Crippen LogP contribution in [0.15, 0.2) is 22.7 Å². The van der Waals surface area contributed by atoms with Gasteiger partial charge in [-0.15, -0.1) is 0 Å². The first-order valence-electron chi connectivity index (χ1n) is 5.19. The van der Waals surface area contributed by atoms with Gasteiger partial charge in [0, 0.05) is 23.2 Å². The number of nitrogens with two attached hydrogens (primary N) is 1. The van der Waals surface area contributed by atoms with E-state index >= 15 is 0 Å². The number of amides is 1. The van der Waals surface area contributed by atoms with Crippen molar-refractivity contribution < 1.29 is 15.0 Å². The third-order valence-corrected chi connectivity index (χ3v) is 3.46. The molecule has 0 bridgehead atoms. The second-order valence-corrected chi connectivity index (χ2v) is 4.94. The molecule has 92 valence electrons. The highest BCUT2D eigenvalue weighted by atomic mass is 79.9. The number of benzene rings is 1. The molecule has 0 aliphatic carbocycles. The van der Waals surface area contributed by atoms with Gasteiger partial charge in [0.2, 0.25) is 0 Å². The number of aliphatic hydroxyl groups excluding tert-OH is 2. The van der Waals surface area contributed by atoms with Gasteiger partial charge in [0.05, 0.1) is 17.8 Å². The minimum Gasteiger partial charge on any atom is -0.399 e. The zero-order valence-corrected chi connectivity index (χ0v) is 10.6. The van der Waals surface area contributed by atoms with E-state index in [4.69, 9.17) is 5.73 Å². The zero-order chi connectivity index (χ0) is 12.6. The van der Waals surface area contributed by atoms with Gasteiger partial charge in [-0.1, -0.05) is 0 Å². The molecule has 0 saturated carbocycles. The molecule has 1 aliphatic heterocycles. The minimum absolute atomic E-state index is 0.140. The molecule has 5 nitrogen and oxygen atoms in total. The van der Waals surface area contributed by atoms with Crippen LogP contribution in [0, 0.1) is 0 Å². The lowest BCUT2D eigenvalue weighted by Crippen LogP contribution is -2.30. The highest BCUT2D eigenvalue weighted by Gasteiger charge is 2.33. The lowest BCUT2D eigenvalue weighted by Gasteiger charge is -2.16. The first-order valence-corrected chi connectivity index (χ1v) is 5.99. The average Bonchev–Trinajstić information content (AvgIpc) is 2.62. The van der Waals surface area contributed by atoms with Crippen molar-refractivity contribution in [2.24, 2.45) is 0 Å². The molecule has 2 rings (SSSR count). The Hall–Kier alpha value is -1.11. The molecule has 1 aromatic carbocycles. The first-order chi connectivity index (χ1) is 7.99. The number of nitrogen functional groups attached to an aromatic ring is 1. The summed E-state index contributed by atoms with van der Waals surface area (Å²) in [6, 6.07) is 4.96. The molecule has 1 aromatic rings. The fourth-order valence-corrected chi connectivity index (χ4v) is 2.23. The number of halogens is 1. The van der Waals surface area contributed by atoms with Crippen molar-refractivity contribution in [3.63, 3.8) is 0 Å². The van der Waals surface area contributed by atoms with Crippen molar-refractivity contribution >= 4 is 27.5 Å². The lowest BCUT2D eigenvalue weighted by atomic mass is 10.2. The normalized spacial score (nSPS) is 24.1. The zero-order valence-electron chi connectivity index (χ0n) is 9.01. The Balaban J connectivity index is 2.23. The van der Waals surface area contributed by atoms with E-state index in [1.54, 1.807) is 18.2 Å². The summed E-state index contributed by atoms with van der Waals surface area (Å²) in [5.74, 6) is -0.250. The number of anilines is 1. The predicted molar refractivity (Wildman–Crippen MR) is 66.5 cm³/mol. The molecule has 4 N–H and O–H groups in total. The number of carbonyl (C=O) groups excluding carboxylic acids is 1. The molecule has 6 heteroatoms. The minimum atomic E-state index is -0.876. The molecular formula is C11H13BrN2O3. The van der Waals surface area contributed by atoms with E-state index in [2.05, 4.69) is 15.9 Å². The Labute approximate surface area is 107 Å². The number of likely N-dealkylation sites (tertiary alicyclic amines) is 1. The summed E-state index contributed by atoms with van der Waals surface area (Å²) in [6.07, 6.45) is -1.75. The van der Waals surface area contributed by atoms with E-state index in [-0.39, 0.29) is 19.0 Å². The number of aliphatic hydroxyl groups is 2. The van der Waals surface area contributed by atoms with Crippen molar-refractivity contribution in [1.82, 2.24) is 4.90 Å². The van der Waals surface area contributed by atoms with Crippen LogP contribution >= 0.6 is 15.9 Å². The van der Waals surface area contributed by atoms with Crippen LogP contribution in [0.1, 0.15) is 10.4 Å². The van der Waals surface area contributed by atoms with Gasteiger partial charge in [0.15, 0.2) is 0 Å². The number of hydrogen-bond donors (Lipinski definition) is 3. The van der Waals surface area contributed by atoms with Crippen LogP contribution < -0.4 is 5.73 Å². The standard InChI is InChI=1S/C11H13BrN2O3/c12-8-2-1-6(13)3-7(8)11(17)14-4-9(15)10(16)5-14/h1-3,9-10,15-16H,4-5,13H2. The maximum absolute atomic E-state index is 12.1. The Kier molecular flexibility index (Phi) is 3.37. The molecule has 0 radical (unpaired) electrons. The molecule has 1 saturated heterocycles. The van der Waals surface area contributed by atoms with Gasteiger partial charge in [0.25, 0.3) is 5.91 Å². The average molecular weight is 301 g/mol. The second kappa shape index (κ2) is 4.64. The van der Waals surface area contributed by atoms with Gasteiger partial charge in [0.1, 0.15) is 0 Å². The molecule has 1 amide bonds. The van der Waals surface area contributed by atoms with Crippen molar-refractivity contribution in [2.75, 3.05) is 18.8 Å². The van der Waals surface area contributed by atoms with Gasteiger partial charge in [-0.05, 0) is 34.1 Å². The molecular weight excluding hydrogens is 288 g/mol. The smallest absolute Gasteiger partial charge is 0.255 e. The van der Waals surface area contributed by atoms with Crippen LogP contribution in [-0.4, -0.2) is 46.3 Å². The lowest BCUT2D eigenvalue weighted by molar-refractivity contribution is 0.0572. The van der Waals surface area contributed by atoms with Crippen LogP contribution in [0.25, 0.3) is 0 Å². The van der Waals surface area contributed by atoms with Crippen LogP contribution in [-0.2, 0) is 0 Å². The van der Waals surface area contributed by atoms with E-state index in [1.165, 1.54) is 4.90 Å². The molecule has 17 heavy (non-hydrogen) atoms. The van der Waals surface area contributed by atoms with Crippen LogP contribution in [0.5, 0.6) is 0 Å². The topological polar surface area (TPSA) is 86.8 Å². The van der Waals surface area contributed by atoms with Crippen molar-refractivity contribution in [2.45, 2.75) is 12.2 Å². The third-order valence-electron chi connectivity index (χ3n) is 2.77. The number of nitrogens with zero attached hydrogens (tertiary/aromatic N) is 1. The van der Waals surface area contributed by atoms with Crippen molar-refractivity contribution in [1.29, 1.82) is 0 Å². The molecule has 0 spiro atoms. The van der Waals surface area contributed by atoms with Crippen molar-refractivity contribution in [3.8, 4) is 0 Å². The third kappa shape index (κ3) is 2.43. The molecule has 1 fully saturated rings. The maximum Gasteiger partial charge on any atom is 0.255 e. The van der Waals surface area contributed by atoms with Gasteiger partial charge in [-0.3, -0.25) is 4.79 Å². The predicted octanol–water partition coefficient (Wildman–Crippen LogP) is 0.209. The molecule has 1 heterocycles. The largest absolute Gasteiger partial charge is 0.399 e. The van der Waals surface area contributed by atoms with Crippen LogP contribution in [0.2, 0.25) is 0 Å². The fourth-order valence-electron chi connectivity index (χ4n) is 1.81.